The quantitative estimate of drug-likeness (QED) is 0.603. The molecular weight excluding hydrogens is 332 g/mol. The topological polar surface area (TPSA) is 73.1 Å². The van der Waals surface area contributed by atoms with Crippen molar-refractivity contribution in [1.82, 2.24) is 5.43 Å². The van der Waals surface area contributed by atoms with E-state index in [-0.39, 0.29) is 11.8 Å². The number of benzene rings is 1. The zero-order valence-electron chi connectivity index (χ0n) is 14.9. The molecule has 0 radical (unpaired) electrons. The first-order chi connectivity index (χ1) is 12.7. The van der Waals surface area contributed by atoms with Gasteiger partial charge in [0.15, 0.2) is 0 Å². The van der Waals surface area contributed by atoms with Crippen LogP contribution in [-0.2, 0) is 11.4 Å². The van der Waals surface area contributed by atoms with Gasteiger partial charge in [0, 0.05) is 5.92 Å². The van der Waals surface area contributed by atoms with Crippen molar-refractivity contribution >= 4 is 12.1 Å². The molecule has 1 fully saturated rings. The molecule has 0 bridgehead atoms. The number of nitrogens with one attached hydrogen (secondary N) is 1. The summed E-state index contributed by atoms with van der Waals surface area (Å²) in [6.45, 7) is 0.314. The minimum absolute atomic E-state index is 0.00410. The molecule has 6 heteroatoms. The van der Waals surface area contributed by atoms with Crippen molar-refractivity contribution in [1.29, 1.82) is 0 Å². The van der Waals surface area contributed by atoms with Gasteiger partial charge in [-0.25, -0.2) is 5.43 Å². The van der Waals surface area contributed by atoms with Crippen LogP contribution in [0.3, 0.4) is 0 Å². The summed E-state index contributed by atoms with van der Waals surface area (Å²) in [5.74, 6) is 2.85. The second-order valence-corrected chi connectivity index (χ2v) is 6.34. The van der Waals surface area contributed by atoms with Crippen LogP contribution in [0.4, 0.5) is 0 Å². The monoisotopic (exact) mass is 356 g/mol. The molecule has 0 saturated heterocycles. The van der Waals surface area contributed by atoms with Crippen LogP contribution in [0.1, 0.15) is 43.6 Å². The third-order valence-corrected chi connectivity index (χ3v) is 4.47. The van der Waals surface area contributed by atoms with Gasteiger partial charge in [0.05, 0.1) is 13.3 Å². The Kier molecular flexibility index (Phi) is 6.30. The molecule has 3 rings (SSSR count). The SMILES string of the molecule is COc1ccc(OCc2ccc(/C=N/NC(=O)C3CCCCC3)o2)cc1. The lowest BCUT2D eigenvalue weighted by atomic mass is 9.89. The third-order valence-electron chi connectivity index (χ3n) is 4.47. The van der Waals surface area contributed by atoms with E-state index in [4.69, 9.17) is 13.9 Å². The van der Waals surface area contributed by atoms with E-state index in [1.807, 2.05) is 30.3 Å². The summed E-state index contributed by atoms with van der Waals surface area (Å²) < 4.78 is 16.4. The summed E-state index contributed by atoms with van der Waals surface area (Å²) in [6, 6.07) is 11.0. The number of rotatable bonds is 7. The summed E-state index contributed by atoms with van der Waals surface area (Å²) in [7, 11) is 1.62. The first kappa shape index (κ1) is 18.0. The Hall–Kier alpha value is -2.76. The van der Waals surface area contributed by atoms with Crippen molar-refractivity contribution in [2.75, 3.05) is 7.11 Å². The van der Waals surface area contributed by atoms with Gasteiger partial charge in [0.25, 0.3) is 0 Å². The fourth-order valence-electron chi connectivity index (χ4n) is 2.98. The molecule has 1 amide bonds. The van der Waals surface area contributed by atoms with Gasteiger partial charge in [-0.3, -0.25) is 4.79 Å². The molecule has 1 aromatic heterocycles. The fourth-order valence-corrected chi connectivity index (χ4v) is 2.98. The van der Waals surface area contributed by atoms with Crippen LogP contribution >= 0.6 is 0 Å². The summed E-state index contributed by atoms with van der Waals surface area (Å²) >= 11 is 0. The molecule has 0 spiro atoms. The van der Waals surface area contributed by atoms with Gasteiger partial charge in [-0.05, 0) is 49.2 Å². The van der Waals surface area contributed by atoms with E-state index in [0.717, 1.165) is 37.2 Å². The molecule has 1 N–H and O–H groups in total. The number of carbonyl (C=O) groups is 1. The summed E-state index contributed by atoms with van der Waals surface area (Å²) in [5.41, 5.74) is 2.61. The maximum Gasteiger partial charge on any atom is 0.243 e. The first-order valence-corrected chi connectivity index (χ1v) is 8.93. The number of nitrogens with zero attached hydrogens (tertiary/aromatic N) is 1. The summed E-state index contributed by atoms with van der Waals surface area (Å²) in [6.07, 6.45) is 6.89. The molecule has 1 heterocycles. The molecule has 1 aliphatic carbocycles. The van der Waals surface area contributed by atoms with E-state index in [9.17, 15) is 4.79 Å². The number of hydrazone groups is 1. The van der Waals surface area contributed by atoms with Gasteiger partial charge >= 0.3 is 0 Å². The van der Waals surface area contributed by atoms with Gasteiger partial charge in [-0.2, -0.15) is 5.10 Å². The van der Waals surface area contributed by atoms with Crippen molar-refractivity contribution in [2.45, 2.75) is 38.7 Å². The molecular formula is C20H24N2O4. The largest absolute Gasteiger partial charge is 0.497 e. The Bertz CT molecular complexity index is 731. The smallest absolute Gasteiger partial charge is 0.243 e. The van der Waals surface area contributed by atoms with E-state index < -0.39 is 0 Å². The van der Waals surface area contributed by atoms with Crippen molar-refractivity contribution in [3.63, 3.8) is 0 Å². The highest BCUT2D eigenvalue weighted by atomic mass is 16.5. The predicted molar refractivity (Wildman–Crippen MR) is 98.3 cm³/mol. The van der Waals surface area contributed by atoms with Crippen molar-refractivity contribution in [3.8, 4) is 11.5 Å². The average molecular weight is 356 g/mol. The molecule has 26 heavy (non-hydrogen) atoms. The maximum atomic E-state index is 12.0. The van der Waals surface area contributed by atoms with E-state index in [0.29, 0.717) is 18.1 Å². The van der Waals surface area contributed by atoms with Crippen molar-refractivity contribution < 1.29 is 18.7 Å². The molecule has 138 valence electrons. The van der Waals surface area contributed by atoms with Crippen LogP contribution in [0.25, 0.3) is 0 Å². The molecule has 0 aliphatic heterocycles. The Morgan fingerprint density at radius 2 is 1.88 bits per heavy atom. The van der Waals surface area contributed by atoms with Crippen LogP contribution in [0.2, 0.25) is 0 Å². The number of methoxy groups -OCH3 is 1. The molecule has 0 atom stereocenters. The lowest BCUT2D eigenvalue weighted by Crippen LogP contribution is -2.28. The number of amides is 1. The molecule has 1 aliphatic rings. The maximum absolute atomic E-state index is 12.0. The third kappa shape index (κ3) is 5.12. The zero-order valence-corrected chi connectivity index (χ0v) is 14.9. The van der Waals surface area contributed by atoms with Crippen LogP contribution in [-0.4, -0.2) is 19.2 Å². The highest BCUT2D eigenvalue weighted by Crippen LogP contribution is 2.23. The molecule has 6 nitrogen and oxygen atoms in total. The average Bonchev–Trinajstić information content (AvgIpc) is 3.15. The zero-order chi connectivity index (χ0) is 18.2. The van der Waals surface area contributed by atoms with Gasteiger partial charge < -0.3 is 13.9 Å². The Balaban J connectivity index is 1.45. The minimum atomic E-state index is -0.00410. The van der Waals surface area contributed by atoms with Crippen molar-refractivity contribution in [3.05, 3.63) is 47.9 Å². The van der Waals surface area contributed by atoms with E-state index >= 15 is 0 Å². The van der Waals surface area contributed by atoms with Crippen LogP contribution in [0.15, 0.2) is 45.9 Å². The lowest BCUT2D eigenvalue weighted by Gasteiger charge is -2.19. The van der Waals surface area contributed by atoms with E-state index in [1.165, 1.54) is 12.6 Å². The Labute approximate surface area is 153 Å². The second kappa shape index (κ2) is 9.08. The van der Waals surface area contributed by atoms with Gasteiger partial charge in [-0.15, -0.1) is 0 Å². The van der Waals surface area contributed by atoms with Gasteiger partial charge in [0.1, 0.15) is 29.6 Å². The highest BCUT2D eigenvalue weighted by Gasteiger charge is 2.20. The van der Waals surface area contributed by atoms with Crippen LogP contribution in [0, 0.1) is 5.92 Å². The minimum Gasteiger partial charge on any atom is -0.497 e. The first-order valence-electron chi connectivity index (χ1n) is 8.93. The predicted octanol–water partition coefficient (Wildman–Crippen LogP) is 3.90. The summed E-state index contributed by atoms with van der Waals surface area (Å²) in [4.78, 5) is 12.0. The second-order valence-electron chi connectivity index (χ2n) is 6.34. The van der Waals surface area contributed by atoms with Gasteiger partial charge in [-0.1, -0.05) is 19.3 Å². The normalized spacial score (nSPS) is 15.1. The molecule has 2 aromatic rings. The standard InChI is InChI=1S/C20H24N2O4/c1-24-16-7-9-17(10-8-16)25-14-19-12-11-18(26-19)13-21-22-20(23)15-5-3-2-4-6-15/h7-13,15H,2-6,14H2,1H3,(H,22,23)/b21-13+. The van der Waals surface area contributed by atoms with Crippen molar-refractivity contribution in [2.24, 2.45) is 11.0 Å². The molecule has 1 saturated carbocycles. The molecule has 0 unspecified atom stereocenters. The lowest BCUT2D eigenvalue weighted by molar-refractivity contribution is -0.125. The molecule has 1 aromatic carbocycles. The van der Waals surface area contributed by atoms with E-state index in [2.05, 4.69) is 10.5 Å². The summed E-state index contributed by atoms with van der Waals surface area (Å²) in [5, 5.41) is 3.99. The van der Waals surface area contributed by atoms with Crippen LogP contribution in [0.5, 0.6) is 11.5 Å². The fraction of sp³-hybridized carbons (Fsp3) is 0.400. The van der Waals surface area contributed by atoms with Gasteiger partial charge in [0.2, 0.25) is 5.91 Å². The van der Waals surface area contributed by atoms with E-state index in [1.54, 1.807) is 13.2 Å². The van der Waals surface area contributed by atoms with Crippen LogP contribution < -0.4 is 14.9 Å². The number of hydrogen-bond acceptors (Lipinski definition) is 5. The Morgan fingerprint density at radius 1 is 1.15 bits per heavy atom. The number of furan rings is 1. The number of carbonyl (C=O) groups excluding carboxylic acids is 1. The number of ether oxygens (including phenoxy) is 2. The number of hydrogen-bond donors (Lipinski definition) is 1. The Morgan fingerprint density at radius 3 is 2.62 bits per heavy atom. The highest BCUT2D eigenvalue weighted by molar-refractivity contribution is 5.81.